The van der Waals surface area contributed by atoms with Gasteiger partial charge in [0.2, 0.25) is 0 Å². The highest BCUT2D eigenvalue weighted by Crippen LogP contribution is 2.39. The maximum Gasteiger partial charge on any atom is 0.322 e. The van der Waals surface area contributed by atoms with E-state index in [1.807, 2.05) is 19.2 Å². The van der Waals surface area contributed by atoms with Crippen molar-refractivity contribution in [1.82, 2.24) is 10.2 Å². The first-order valence-electron chi connectivity index (χ1n) is 11.5. The summed E-state index contributed by atoms with van der Waals surface area (Å²) >= 11 is 6.70. The van der Waals surface area contributed by atoms with Gasteiger partial charge >= 0.3 is 12.0 Å². The van der Waals surface area contributed by atoms with Crippen LogP contribution in [0.3, 0.4) is 0 Å². The molecule has 0 saturated heterocycles. The Hall–Kier alpha value is -2.01. The summed E-state index contributed by atoms with van der Waals surface area (Å²) < 4.78 is 0. The molecule has 1 aromatic rings. The lowest BCUT2D eigenvalue weighted by Crippen LogP contribution is -2.55. The van der Waals surface area contributed by atoms with Crippen LogP contribution in [0.4, 0.5) is 4.79 Å². The van der Waals surface area contributed by atoms with Crippen LogP contribution < -0.4 is 5.32 Å². The van der Waals surface area contributed by atoms with E-state index >= 15 is 0 Å². The molecular weight excluding hydrogens is 412 g/mol. The molecule has 0 aromatic heterocycles. The molecule has 1 fully saturated rings. The van der Waals surface area contributed by atoms with E-state index in [-0.39, 0.29) is 24.9 Å². The Morgan fingerprint density at radius 1 is 1.29 bits per heavy atom. The first-order valence-corrected chi connectivity index (χ1v) is 11.9. The number of aryl methyl sites for hydroxylation is 1. The number of halogens is 1. The zero-order chi connectivity index (χ0) is 22.6. The summed E-state index contributed by atoms with van der Waals surface area (Å²) in [7, 11) is 0. The number of rotatable bonds is 8. The molecule has 2 amide bonds. The summed E-state index contributed by atoms with van der Waals surface area (Å²) in [4.78, 5) is 25.1. The molecule has 31 heavy (non-hydrogen) atoms. The lowest BCUT2D eigenvalue weighted by Gasteiger charge is -2.42. The quantitative estimate of drug-likeness (QED) is 0.506. The minimum absolute atomic E-state index is 0.0898. The molecule has 0 spiro atoms. The number of hydrogen-bond acceptors (Lipinski definition) is 2. The van der Waals surface area contributed by atoms with Gasteiger partial charge < -0.3 is 15.3 Å². The van der Waals surface area contributed by atoms with Gasteiger partial charge in [-0.2, -0.15) is 0 Å². The molecule has 6 heteroatoms. The Kier molecular flexibility index (Phi) is 7.68. The molecule has 2 N–H and O–H groups in total. The number of hydrogen-bond donors (Lipinski definition) is 2. The van der Waals surface area contributed by atoms with E-state index in [0.717, 1.165) is 28.5 Å². The average molecular weight is 447 g/mol. The van der Waals surface area contributed by atoms with Crippen LogP contribution in [0.1, 0.15) is 76.8 Å². The molecule has 1 heterocycles. The van der Waals surface area contributed by atoms with Crippen molar-refractivity contribution in [2.45, 2.75) is 77.7 Å². The van der Waals surface area contributed by atoms with Crippen LogP contribution in [0.2, 0.25) is 5.02 Å². The standard InChI is InChI=1S/C25H35ClN2O3/c1-17(2)21-16-28(14-13-23(29)30)24(31)27-25(21,3)20-12-11-19(22(26)15-20)10-9-18-7-5-4-6-8-18/h11-12,15-18H,4-10,13-14H2,1-3H3,(H,27,31)(H,29,30)/t25-/m0/s1. The second kappa shape index (κ2) is 10.1. The second-order valence-electron chi connectivity index (χ2n) is 9.48. The average Bonchev–Trinajstić information content (AvgIpc) is 2.72. The van der Waals surface area contributed by atoms with E-state index in [0.29, 0.717) is 0 Å². The summed E-state index contributed by atoms with van der Waals surface area (Å²) in [5.74, 6) is 0.0609. The molecule has 3 rings (SSSR count). The fourth-order valence-electron chi connectivity index (χ4n) is 4.96. The van der Waals surface area contributed by atoms with Crippen molar-refractivity contribution in [2.24, 2.45) is 11.8 Å². The lowest BCUT2D eigenvalue weighted by atomic mass is 9.78. The number of benzene rings is 1. The molecule has 1 atom stereocenters. The highest BCUT2D eigenvalue weighted by molar-refractivity contribution is 6.31. The van der Waals surface area contributed by atoms with Gasteiger partial charge in [-0.25, -0.2) is 4.79 Å². The number of carboxylic acids is 1. The van der Waals surface area contributed by atoms with E-state index < -0.39 is 11.5 Å². The molecule has 1 aliphatic carbocycles. The molecule has 0 unspecified atom stereocenters. The lowest BCUT2D eigenvalue weighted by molar-refractivity contribution is -0.137. The number of amides is 2. The molecule has 1 aromatic carbocycles. The number of nitrogens with zero attached hydrogens (tertiary/aromatic N) is 1. The number of carbonyl (C=O) groups is 2. The van der Waals surface area contributed by atoms with Gasteiger partial charge in [0.15, 0.2) is 0 Å². The molecule has 2 aliphatic rings. The molecular formula is C25H35ClN2O3. The van der Waals surface area contributed by atoms with Gasteiger partial charge in [-0.3, -0.25) is 4.79 Å². The molecule has 0 radical (unpaired) electrons. The van der Waals surface area contributed by atoms with Gasteiger partial charge in [0.1, 0.15) is 0 Å². The van der Waals surface area contributed by atoms with Crippen molar-refractivity contribution in [3.05, 3.63) is 46.1 Å². The number of nitrogens with one attached hydrogen (secondary N) is 1. The van der Waals surface area contributed by atoms with E-state index in [2.05, 4.69) is 31.3 Å². The topological polar surface area (TPSA) is 69.6 Å². The molecule has 0 bridgehead atoms. The zero-order valence-corrected chi connectivity index (χ0v) is 19.7. The van der Waals surface area contributed by atoms with Gasteiger partial charge in [0, 0.05) is 17.8 Å². The summed E-state index contributed by atoms with van der Waals surface area (Å²) in [6.07, 6.45) is 10.6. The predicted octanol–water partition coefficient (Wildman–Crippen LogP) is 6.11. The maximum absolute atomic E-state index is 12.7. The van der Waals surface area contributed by atoms with Crippen molar-refractivity contribution in [3.63, 3.8) is 0 Å². The number of aliphatic carboxylic acids is 1. The summed E-state index contributed by atoms with van der Waals surface area (Å²) in [6.45, 7) is 6.31. The predicted molar refractivity (Wildman–Crippen MR) is 124 cm³/mol. The molecule has 170 valence electrons. The van der Waals surface area contributed by atoms with Crippen molar-refractivity contribution in [1.29, 1.82) is 0 Å². The van der Waals surface area contributed by atoms with Gasteiger partial charge in [0.25, 0.3) is 0 Å². The number of urea groups is 1. The molecule has 1 aliphatic heterocycles. The van der Waals surface area contributed by atoms with Crippen LogP contribution in [0.5, 0.6) is 0 Å². The van der Waals surface area contributed by atoms with E-state index in [9.17, 15) is 9.59 Å². The largest absolute Gasteiger partial charge is 0.481 e. The first-order chi connectivity index (χ1) is 14.7. The van der Waals surface area contributed by atoms with Gasteiger partial charge in [0.05, 0.1) is 12.0 Å². The fraction of sp³-hybridized carbons (Fsp3) is 0.600. The molecule has 5 nitrogen and oxygen atoms in total. The van der Waals surface area contributed by atoms with E-state index in [1.54, 1.807) is 0 Å². The van der Waals surface area contributed by atoms with Crippen molar-refractivity contribution < 1.29 is 14.7 Å². The summed E-state index contributed by atoms with van der Waals surface area (Å²) in [5.41, 5.74) is 2.46. The summed E-state index contributed by atoms with van der Waals surface area (Å²) in [5, 5.41) is 12.8. The Balaban J connectivity index is 1.80. The van der Waals surface area contributed by atoms with Crippen LogP contribution in [-0.4, -0.2) is 28.6 Å². The highest BCUT2D eigenvalue weighted by atomic mass is 35.5. The SMILES string of the molecule is CC(C)C1=CN(CCC(=O)O)C(=O)N[C@@]1(C)c1ccc(CCC2CCCCC2)c(Cl)c1. The second-order valence-corrected chi connectivity index (χ2v) is 9.89. The maximum atomic E-state index is 12.7. The fourth-order valence-corrected chi connectivity index (χ4v) is 5.23. The third-order valence-corrected chi connectivity index (χ3v) is 7.21. The molecule has 1 saturated carbocycles. The normalized spacial score (nSPS) is 22.4. The van der Waals surface area contributed by atoms with Crippen LogP contribution in [0.15, 0.2) is 30.0 Å². The number of carbonyl (C=O) groups excluding carboxylic acids is 1. The minimum Gasteiger partial charge on any atom is -0.481 e. The van der Waals surface area contributed by atoms with Crippen molar-refractivity contribution in [2.75, 3.05) is 6.54 Å². The Morgan fingerprint density at radius 3 is 2.61 bits per heavy atom. The van der Waals surface area contributed by atoms with Crippen LogP contribution in [0, 0.1) is 11.8 Å². The monoisotopic (exact) mass is 446 g/mol. The minimum atomic E-state index is -0.920. The Morgan fingerprint density at radius 2 is 2.00 bits per heavy atom. The third kappa shape index (κ3) is 5.62. The zero-order valence-electron chi connectivity index (χ0n) is 18.9. The highest BCUT2D eigenvalue weighted by Gasteiger charge is 2.39. The number of carboxylic acid groups (broad SMARTS) is 1. The van der Waals surface area contributed by atoms with Gasteiger partial charge in [-0.1, -0.05) is 69.7 Å². The van der Waals surface area contributed by atoms with Crippen LogP contribution in [0.25, 0.3) is 0 Å². The Bertz CT molecular complexity index is 845. The Labute approximate surface area is 190 Å². The van der Waals surface area contributed by atoms with E-state index in [4.69, 9.17) is 16.7 Å². The van der Waals surface area contributed by atoms with Crippen molar-refractivity contribution in [3.8, 4) is 0 Å². The summed E-state index contributed by atoms with van der Waals surface area (Å²) in [6, 6.07) is 5.88. The van der Waals surface area contributed by atoms with Gasteiger partial charge in [-0.15, -0.1) is 0 Å². The smallest absolute Gasteiger partial charge is 0.322 e. The third-order valence-electron chi connectivity index (χ3n) is 6.86. The first kappa shape index (κ1) is 23.6. The van der Waals surface area contributed by atoms with Crippen LogP contribution in [-0.2, 0) is 16.8 Å². The van der Waals surface area contributed by atoms with E-state index in [1.165, 1.54) is 49.0 Å². The van der Waals surface area contributed by atoms with Crippen molar-refractivity contribution >= 4 is 23.6 Å². The van der Waals surface area contributed by atoms with Gasteiger partial charge in [-0.05, 0) is 54.4 Å². The van der Waals surface area contributed by atoms with Crippen LogP contribution >= 0.6 is 11.6 Å².